The van der Waals surface area contributed by atoms with Crippen LogP contribution in [0.1, 0.15) is 32.8 Å². The van der Waals surface area contributed by atoms with E-state index in [9.17, 15) is 4.79 Å². The molecule has 1 amide bonds. The molecular formula is C17H28N2O2. The zero-order valence-electron chi connectivity index (χ0n) is 13.6. The molecule has 0 heterocycles. The number of aryl methyl sites for hydroxylation is 1. The Hall–Kier alpha value is -1.39. The first-order valence-corrected chi connectivity index (χ1v) is 7.50. The molecule has 0 aliphatic carbocycles. The Morgan fingerprint density at radius 3 is 2.52 bits per heavy atom. The summed E-state index contributed by atoms with van der Waals surface area (Å²) in [5, 5.41) is 12.0. The molecule has 0 fully saturated rings. The third kappa shape index (κ3) is 7.25. The van der Waals surface area contributed by atoms with Gasteiger partial charge in [0.1, 0.15) is 0 Å². The van der Waals surface area contributed by atoms with Crippen LogP contribution in [0.4, 0.5) is 5.69 Å². The Morgan fingerprint density at radius 2 is 1.95 bits per heavy atom. The number of hydrogen-bond donors (Lipinski definition) is 2. The summed E-state index contributed by atoms with van der Waals surface area (Å²) < 4.78 is 0. The maximum Gasteiger partial charge on any atom is 0.238 e. The quantitative estimate of drug-likeness (QED) is 0.812. The Balaban J connectivity index is 2.61. The van der Waals surface area contributed by atoms with Gasteiger partial charge in [0, 0.05) is 25.4 Å². The average molecular weight is 292 g/mol. The molecule has 0 aliphatic heterocycles. The minimum atomic E-state index is -0.00788. The molecule has 0 saturated carbocycles. The third-order valence-electron chi connectivity index (χ3n) is 3.12. The number of aliphatic hydroxyl groups is 1. The summed E-state index contributed by atoms with van der Waals surface area (Å²) in [6, 6.07) is 7.77. The lowest BCUT2D eigenvalue weighted by molar-refractivity contribution is -0.117. The highest BCUT2D eigenvalue weighted by Gasteiger charge is 2.18. The summed E-state index contributed by atoms with van der Waals surface area (Å²) >= 11 is 0. The second-order valence-corrected chi connectivity index (χ2v) is 6.71. The normalized spacial score (nSPS) is 11.7. The fourth-order valence-electron chi connectivity index (χ4n) is 2.29. The summed E-state index contributed by atoms with van der Waals surface area (Å²) in [4.78, 5) is 14.3. The van der Waals surface area contributed by atoms with Crippen LogP contribution in [0.25, 0.3) is 0 Å². The summed E-state index contributed by atoms with van der Waals surface area (Å²) in [7, 11) is 0. The summed E-state index contributed by atoms with van der Waals surface area (Å²) in [5.74, 6) is -0.00788. The minimum absolute atomic E-state index is 0.00788. The van der Waals surface area contributed by atoms with Crippen molar-refractivity contribution in [1.29, 1.82) is 0 Å². The molecule has 0 radical (unpaired) electrons. The monoisotopic (exact) mass is 292 g/mol. The highest BCUT2D eigenvalue weighted by molar-refractivity contribution is 5.92. The fraction of sp³-hybridized carbons (Fsp3) is 0.588. The number of carbonyl (C=O) groups is 1. The van der Waals surface area contributed by atoms with Gasteiger partial charge in [0.2, 0.25) is 5.91 Å². The van der Waals surface area contributed by atoms with E-state index in [0.717, 1.165) is 24.3 Å². The van der Waals surface area contributed by atoms with Crippen LogP contribution in [0.15, 0.2) is 24.3 Å². The van der Waals surface area contributed by atoms with Crippen LogP contribution in [-0.2, 0) is 4.79 Å². The minimum Gasteiger partial charge on any atom is -0.396 e. The number of nitrogens with zero attached hydrogens (tertiary/aromatic N) is 1. The Bertz CT molecular complexity index is 452. The van der Waals surface area contributed by atoms with Crippen LogP contribution in [0, 0.1) is 12.3 Å². The van der Waals surface area contributed by atoms with E-state index in [1.807, 2.05) is 31.2 Å². The lowest BCUT2D eigenvalue weighted by Crippen LogP contribution is -2.39. The van der Waals surface area contributed by atoms with Gasteiger partial charge < -0.3 is 10.4 Å². The summed E-state index contributed by atoms with van der Waals surface area (Å²) in [6.07, 6.45) is 0.688. The smallest absolute Gasteiger partial charge is 0.238 e. The number of anilines is 1. The van der Waals surface area contributed by atoms with Gasteiger partial charge >= 0.3 is 0 Å². The maximum absolute atomic E-state index is 12.2. The van der Waals surface area contributed by atoms with Crippen molar-refractivity contribution in [3.8, 4) is 0 Å². The molecule has 0 spiro atoms. The number of para-hydroxylation sites is 1. The topological polar surface area (TPSA) is 52.6 Å². The van der Waals surface area contributed by atoms with Crippen LogP contribution in [-0.4, -0.2) is 42.2 Å². The largest absolute Gasteiger partial charge is 0.396 e. The van der Waals surface area contributed by atoms with Crippen LogP contribution in [0.3, 0.4) is 0 Å². The molecule has 0 aromatic heterocycles. The molecule has 0 bridgehead atoms. The van der Waals surface area contributed by atoms with Crippen molar-refractivity contribution in [1.82, 2.24) is 4.90 Å². The number of hydrogen-bond acceptors (Lipinski definition) is 3. The second-order valence-electron chi connectivity index (χ2n) is 6.71. The lowest BCUT2D eigenvalue weighted by atomic mass is 9.96. The van der Waals surface area contributed by atoms with E-state index in [-0.39, 0.29) is 17.9 Å². The highest BCUT2D eigenvalue weighted by Crippen LogP contribution is 2.16. The van der Waals surface area contributed by atoms with Gasteiger partial charge in [0.05, 0.1) is 6.54 Å². The van der Waals surface area contributed by atoms with Crippen molar-refractivity contribution in [3.63, 3.8) is 0 Å². The first kappa shape index (κ1) is 17.7. The van der Waals surface area contributed by atoms with Crippen LogP contribution in [0.5, 0.6) is 0 Å². The predicted octanol–water partition coefficient (Wildman–Crippen LogP) is 2.66. The molecule has 2 N–H and O–H groups in total. The zero-order chi connectivity index (χ0) is 15.9. The fourth-order valence-corrected chi connectivity index (χ4v) is 2.29. The van der Waals surface area contributed by atoms with Crippen LogP contribution < -0.4 is 5.32 Å². The van der Waals surface area contributed by atoms with Crippen LogP contribution >= 0.6 is 0 Å². The highest BCUT2D eigenvalue weighted by atomic mass is 16.3. The first-order chi connectivity index (χ1) is 9.81. The molecule has 0 atom stereocenters. The molecule has 4 heteroatoms. The molecule has 0 unspecified atom stereocenters. The zero-order valence-corrected chi connectivity index (χ0v) is 13.6. The van der Waals surface area contributed by atoms with Gasteiger partial charge in [0.15, 0.2) is 0 Å². The van der Waals surface area contributed by atoms with Gasteiger partial charge in [0.25, 0.3) is 0 Å². The van der Waals surface area contributed by atoms with Crippen molar-refractivity contribution in [2.75, 3.05) is 31.6 Å². The van der Waals surface area contributed by atoms with E-state index in [2.05, 4.69) is 31.0 Å². The van der Waals surface area contributed by atoms with Gasteiger partial charge in [-0.2, -0.15) is 0 Å². The number of aliphatic hydroxyl groups excluding tert-OH is 1. The van der Waals surface area contributed by atoms with E-state index in [0.29, 0.717) is 13.0 Å². The van der Waals surface area contributed by atoms with Gasteiger partial charge in [-0.3, -0.25) is 9.69 Å². The predicted molar refractivity (Wildman–Crippen MR) is 87.4 cm³/mol. The van der Waals surface area contributed by atoms with E-state index in [1.165, 1.54) is 0 Å². The molecule has 118 valence electrons. The van der Waals surface area contributed by atoms with E-state index < -0.39 is 0 Å². The van der Waals surface area contributed by atoms with Crippen molar-refractivity contribution < 1.29 is 9.90 Å². The van der Waals surface area contributed by atoms with E-state index >= 15 is 0 Å². The number of rotatable bonds is 7. The number of amides is 1. The average Bonchev–Trinajstić information content (AvgIpc) is 2.37. The van der Waals surface area contributed by atoms with Crippen LogP contribution in [0.2, 0.25) is 0 Å². The van der Waals surface area contributed by atoms with Gasteiger partial charge in [-0.1, -0.05) is 39.0 Å². The Kier molecular flexibility index (Phi) is 6.85. The molecule has 21 heavy (non-hydrogen) atoms. The first-order valence-electron chi connectivity index (χ1n) is 7.50. The van der Waals surface area contributed by atoms with Crippen molar-refractivity contribution in [2.24, 2.45) is 5.41 Å². The van der Waals surface area contributed by atoms with E-state index in [4.69, 9.17) is 5.11 Å². The van der Waals surface area contributed by atoms with Gasteiger partial charge in [-0.05, 0) is 30.4 Å². The van der Waals surface area contributed by atoms with Gasteiger partial charge in [-0.15, -0.1) is 0 Å². The second kappa shape index (κ2) is 8.15. The molecule has 0 aliphatic rings. The lowest BCUT2D eigenvalue weighted by Gasteiger charge is -2.29. The van der Waals surface area contributed by atoms with Crippen molar-refractivity contribution >= 4 is 11.6 Å². The standard InChI is InChI=1S/C17H28N2O2/c1-14-8-5-6-9-15(14)18-16(21)12-19(10-7-11-20)13-17(2,3)4/h5-6,8-9,20H,7,10-13H2,1-4H3,(H,18,21). The molecule has 1 aromatic carbocycles. The number of carbonyl (C=O) groups excluding carboxylic acids is 1. The summed E-state index contributed by atoms with van der Waals surface area (Å²) in [6.45, 7) is 10.5. The molecule has 1 aromatic rings. The maximum atomic E-state index is 12.2. The van der Waals surface area contributed by atoms with Crippen molar-refractivity contribution in [3.05, 3.63) is 29.8 Å². The third-order valence-corrected chi connectivity index (χ3v) is 3.12. The van der Waals surface area contributed by atoms with E-state index in [1.54, 1.807) is 0 Å². The molecule has 0 saturated heterocycles. The summed E-state index contributed by atoms with van der Waals surface area (Å²) in [5.41, 5.74) is 2.04. The van der Waals surface area contributed by atoms with Crippen molar-refractivity contribution in [2.45, 2.75) is 34.1 Å². The number of nitrogens with one attached hydrogen (secondary N) is 1. The molecular weight excluding hydrogens is 264 g/mol. The Labute approximate surface area is 128 Å². The van der Waals surface area contributed by atoms with Gasteiger partial charge in [-0.25, -0.2) is 0 Å². The number of benzene rings is 1. The molecule has 4 nitrogen and oxygen atoms in total. The Morgan fingerprint density at radius 1 is 1.29 bits per heavy atom. The molecule has 1 rings (SSSR count). The SMILES string of the molecule is Cc1ccccc1NC(=O)CN(CCCO)CC(C)(C)C.